The summed E-state index contributed by atoms with van der Waals surface area (Å²) in [6, 6.07) is 6.63. The smallest absolute Gasteiger partial charge is 0.0483 e. The maximum atomic E-state index is 3.58. The minimum absolute atomic E-state index is 0.831. The van der Waals surface area contributed by atoms with Crippen molar-refractivity contribution in [1.29, 1.82) is 0 Å². The number of hydrogen-bond acceptors (Lipinski definition) is 0. The van der Waals surface area contributed by atoms with Crippen molar-refractivity contribution in [3.63, 3.8) is 0 Å². The molecular weight excluding hydrogens is 262 g/mol. The van der Waals surface area contributed by atoms with Crippen LogP contribution >= 0.6 is 15.9 Å². The van der Waals surface area contributed by atoms with Crippen LogP contribution in [0, 0.1) is 5.92 Å². The van der Waals surface area contributed by atoms with Crippen molar-refractivity contribution < 1.29 is 0 Å². The van der Waals surface area contributed by atoms with Gasteiger partial charge in [0.05, 0.1) is 0 Å². The van der Waals surface area contributed by atoms with Gasteiger partial charge in [0.25, 0.3) is 0 Å². The Balaban J connectivity index is 2.33. The van der Waals surface area contributed by atoms with Crippen molar-refractivity contribution >= 4 is 26.8 Å². The Morgan fingerprint density at radius 3 is 3.00 bits per heavy atom. The lowest BCUT2D eigenvalue weighted by Crippen LogP contribution is -2.12. The predicted octanol–water partition coefficient (Wildman–Crippen LogP) is 4.07. The van der Waals surface area contributed by atoms with Crippen LogP contribution in [0.3, 0.4) is 0 Å². The summed E-state index contributed by atoms with van der Waals surface area (Å²) in [6.07, 6.45) is 3.81. The molecule has 0 N–H and O–H groups in total. The Labute approximate surface area is 105 Å². The van der Waals surface area contributed by atoms with Crippen molar-refractivity contribution in [3.8, 4) is 0 Å². The molecule has 0 amide bonds. The molecule has 0 spiro atoms. The van der Waals surface area contributed by atoms with Gasteiger partial charge in [-0.3, -0.25) is 0 Å². The highest BCUT2D eigenvalue weighted by atomic mass is 79.9. The number of hydrogen-bond donors (Lipinski definition) is 0. The molecule has 0 bridgehead atoms. The summed E-state index contributed by atoms with van der Waals surface area (Å²) in [5, 5.41) is 1.44. The first-order chi connectivity index (χ1) is 7.66. The molecule has 0 radical (unpaired) electrons. The van der Waals surface area contributed by atoms with Crippen LogP contribution < -0.4 is 0 Å². The molecular formula is C14H16BrN. The van der Waals surface area contributed by atoms with Gasteiger partial charge < -0.3 is 4.57 Å². The average molecular weight is 278 g/mol. The molecule has 2 heteroatoms. The van der Waals surface area contributed by atoms with Crippen molar-refractivity contribution in [3.05, 3.63) is 33.9 Å². The SMILES string of the molecule is CC1CCc2c(c3cc(Br)ccc3n2C)C1. The molecule has 84 valence electrons. The van der Waals surface area contributed by atoms with Crippen LogP contribution in [-0.4, -0.2) is 4.57 Å². The van der Waals surface area contributed by atoms with Crippen molar-refractivity contribution in [2.75, 3.05) is 0 Å². The molecule has 0 aliphatic heterocycles. The third-order valence-electron chi connectivity index (χ3n) is 3.82. The second kappa shape index (κ2) is 3.63. The van der Waals surface area contributed by atoms with E-state index in [1.54, 1.807) is 11.3 Å². The van der Waals surface area contributed by atoms with Gasteiger partial charge in [0.15, 0.2) is 0 Å². The summed E-state index contributed by atoms with van der Waals surface area (Å²) in [7, 11) is 2.20. The quantitative estimate of drug-likeness (QED) is 0.684. The van der Waals surface area contributed by atoms with Gasteiger partial charge in [0.2, 0.25) is 0 Å². The number of rotatable bonds is 0. The lowest BCUT2D eigenvalue weighted by Gasteiger charge is -2.19. The number of nitrogens with zero attached hydrogens (tertiary/aromatic N) is 1. The van der Waals surface area contributed by atoms with Gasteiger partial charge in [0.1, 0.15) is 0 Å². The summed E-state index contributed by atoms with van der Waals surface area (Å²) < 4.78 is 3.56. The maximum absolute atomic E-state index is 3.58. The van der Waals surface area contributed by atoms with E-state index in [9.17, 15) is 0 Å². The van der Waals surface area contributed by atoms with Gasteiger partial charge in [0, 0.05) is 28.1 Å². The molecule has 16 heavy (non-hydrogen) atoms. The topological polar surface area (TPSA) is 4.93 Å². The zero-order valence-electron chi connectivity index (χ0n) is 9.76. The molecule has 1 nitrogen and oxygen atoms in total. The maximum Gasteiger partial charge on any atom is 0.0483 e. The molecule has 2 aromatic rings. The molecule has 1 aromatic carbocycles. The fourth-order valence-electron chi connectivity index (χ4n) is 2.93. The first-order valence-corrected chi connectivity index (χ1v) is 6.72. The molecule has 1 aliphatic rings. The van der Waals surface area contributed by atoms with Gasteiger partial charge in [-0.1, -0.05) is 22.9 Å². The van der Waals surface area contributed by atoms with E-state index in [0.717, 1.165) is 5.92 Å². The van der Waals surface area contributed by atoms with Crippen molar-refractivity contribution in [1.82, 2.24) is 4.57 Å². The molecule has 0 saturated heterocycles. The monoisotopic (exact) mass is 277 g/mol. The highest BCUT2D eigenvalue weighted by Gasteiger charge is 2.21. The second-order valence-corrected chi connectivity index (χ2v) is 5.91. The van der Waals surface area contributed by atoms with Crippen LogP contribution in [0.2, 0.25) is 0 Å². The Hall–Kier alpha value is -0.760. The normalized spacial score (nSPS) is 20.1. The van der Waals surface area contributed by atoms with E-state index < -0.39 is 0 Å². The summed E-state index contributed by atoms with van der Waals surface area (Å²) in [5.74, 6) is 0.831. The van der Waals surface area contributed by atoms with Crippen LogP contribution in [0.25, 0.3) is 10.9 Å². The standard InChI is InChI=1S/C14H16BrN/c1-9-3-5-13-11(7-9)12-8-10(15)4-6-14(12)16(13)2/h4,6,8-9H,3,5,7H2,1-2H3. The summed E-state index contributed by atoms with van der Waals surface area (Å²) in [5.41, 5.74) is 4.51. The zero-order chi connectivity index (χ0) is 11.3. The fraction of sp³-hybridized carbons (Fsp3) is 0.429. The second-order valence-electron chi connectivity index (χ2n) is 4.99. The largest absolute Gasteiger partial charge is 0.347 e. The molecule has 1 atom stereocenters. The third kappa shape index (κ3) is 1.43. The average Bonchev–Trinajstić information content (AvgIpc) is 2.52. The molecule has 0 saturated carbocycles. The predicted molar refractivity (Wildman–Crippen MR) is 71.8 cm³/mol. The fourth-order valence-corrected chi connectivity index (χ4v) is 3.29. The van der Waals surface area contributed by atoms with Crippen LogP contribution in [0.1, 0.15) is 24.6 Å². The Kier molecular flexibility index (Phi) is 2.36. The van der Waals surface area contributed by atoms with E-state index in [2.05, 4.69) is 52.7 Å². The minimum atomic E-state index is 0.831. The lowest BCUT2D eigenvalue weighted by molar-refractivity contribution is 0.492. The van der Waals surface area contributed by atoms with Crippen molar-refractivity contribution in [2.45, 2.75) is 26.2 Å². The van der Waals surface area contributed by atoms with Crippen LogP contribution in [0.5, 0.6) is 0 Å². The number of aromatic nitrogens is 1. The Morgan fingerprint density at radius 1 is 1.38 bits per heavy atom. The molecule has 1 aliphatic carbocycles. The minimum Gasteiger partial charge on any atom is -0.347 e. The van der Waals surface area contributed by atoms with E-state index in [0.29, 0.717) is 0 Å². The van der Waals surface area contributed by atoms with E-state index in [1.165, 1.54) is 34.6 Å². The van der Waals surface area contributed by atoms with Gasteiger partial charge in [-0.05, 0) is 48.9 Å². The van der Waals surface area contributed by atoms with Gasteiger partial charge in [-0.25, -0.2) is 0 Å². The lowest BCUT2D eigenvalue weighted by atomic mass is 9.88. The highest BCUT2D eigenvalue weighted by molar-refractivity contribution is 9.10. The molecule has 3 rings (SSSR count). The molecule has 1 unspecified atom stereocenters. The summed E-state index contributed by atoms with van der Waals surface area (Å²) >= 11 is 3.58. The Bertz CT molecular complexity index is 553. The van der Waals surface area contributed by atoms with Crippen LogP contribution in [0.4, 0.5) is 0 Å². The first-order valence-electron chi connectivity index (χ1n) is 5.92. The number of aryl methyl sites for hydroxylation is 1. The summed E-state index contributed by atoms with van der Waals surface area (Å²) in [4.78, 5) is 0. The molecule has 0 fully saturated rings. The highest BCUT2D eigenvalue weighted by Crippen LogP contribution is 2.34. The van der Waals surface area contributed by atoms with E-state index in [1.807, 2.05) is 0 Å². The number of fused-ring (bicyclic) bond motifs is 3. The number of benzene rings is 1. The first kappa shape index (κ1) is 10.4. The van der Waals surface area contributed by atoms with E-state index >= 15 is 0 Å². The molecule has 1 heterocycles. The van der Waals surface area contributed by atoms with Gasteiger partial charge in [-0.2, -0.15) is 0 Å². The third-order valence-corrected chi connectivity index (χ3v) is 4.32. The van der Waals surface area contributed by atoms with E-state index in [-0.39, 0.29) is 0 Å². The number of halogens is 1. The summed E-state index contributed by atoms with van der Waals surface area (Å²) in [6.45, 7) is 2.36. The Morgan fingerprint density at radius 2 is 2.19 bits per heavy atom. The molecule has 1 aromatic heterocycles. The van der Waals surface area contributed by atoms with Gasteiger partial charge >= 0.3 is 0 Å². The van der Waals surface area contributed by atoms with Gasteiger partial charge in [-0.15, -0.1) is 0 Å². The zero-order valence-corrected chi connectivity index (χ0v) is 11.3. The van der Waals surface area contributed by atoms with Crippen molar-refractivity contribution in [2.24, 2.45) is 13.0 Å². The van der Waals surface area contributed by atoms with E-state index in [4.69, 9.17) is 0 Å². The van der Waals surface area contributed by atoms with Crippen LogP contribution in [0.15, 0.2) is 22.7 Å². The van der Waals surface area contributed by atoms with Crippen LogP contribution in [-0.2, 0) is 19.9 Å².